The third-order valence-corrected chi connectivity index (χ3v) is 3.40. The van der Waals surface area contributed by atoms with Crippen molar-refractivity contribution in [3.05, 3.63) is 57.5 Å². The van der Waals surface area contributed by atoms with Gasteiger partial charge in [-0.15, -0.1) is 0 Å². The molecule has 1 amide bonds. The largest absolute Gasteiger partial charge is 0.466 e. The number of carbonyl (C=O) groups is 1. The van der Waals surface area contributed by atoms with E-state index in [1.807, 2.05) is 31.2 Å². The number of rotatable bonds is 3. The third kappa shape index (κ3) is 3.36. The molecule has 0 aliphatic heterocycles. The van der Waals surface area contributed by atoms with Crippen molar-refractivity contribution in [3.63, 3.8) is 0 Å². The van der Waals surface area contributed by atoms with Crippen LogP contribution in [0.4, 0.5) is 0 Å². The monoisotopic (exact) mass is 334 g/mol. The highest BCUT2D eigenvalue weighted by Gasteiger charge is 2.12. The number of benzene rings is 1. The second-order valence-corrected chi connectivity index (χ2v) is 5.39. The van der Waals surface area contributed by atoms with Gasteiger partial charge in [0.05, 0.1) is 11.3 Å². The zero-order valence-electron chi connectivity index (χ0n) is 11.5. The molecule has 0 saturated heterocycles. The lowest BCUT2D eigenvalue weighted by molar-refractivity contribution is 0.0953. The van der Waals surface area contributed by atoms with Crippen LogP contribution in [0.1, 0.15) is 34.4 Å². The molecule has 1 aromatic heterocycles. The average Bonchev–Trinajstić information content (AvgIpc) is 2.75. The van der Waals surface area contributed by atoms with E-state index in [9.17, 15) is 4.79 Å². The van der Waals surface area contributed by atoms with E-state index in [4.69, 9.17) is 4.42 Å². The molecule has 0 spiro atoms. The van der Waals surface area contributed by atoms with Gasteiger partial charge in [0.25, 0.3) is 5.91 Å². The Labute approximate surface area is 126 Å². The minimum absolute atomic E-state index is 0.268. The lowest BCUT2D eigenvalue weighted by Gasteiger charge is -2.02. The van der Waals surface area contributed by atoms with Crippen LogP contribution in [0, 0.1) is 13.8 Å². The molecule has 2 rings (SSSR count). The molecule has 0 unspecified atom stereocenters. The van der Waals surface area contributed by atoms with Crippen molar-refractivity contribution in [1.82, 2.24) is 5.43 Å². The fraction of sp³-hybridized carbons (Fsp3) is 0.200. The van der Waals surface area contributed by atoms with Crippen LogP contribution in [0.2, 0.25) is 0 Å². The first-order chi connectivity index (χ1) is 9.47. The first kappa shape index (κ1) is 14.5. The number of carbonyl (C=O) groups excluding carboxylic acids is 1. The molecule has 2 aromatic rings. The molecule has 0 aliphatic carbocycles. The van der Waals surface area contributed by atoms with E-state index in [1.165, 1.54) is 0 Å². The summed E-state index contributed by atoms with van der Waals surface area (Å²) in [7, 11) is 0. The van der Waals surface area contributed by atoms with Crippen molar-refractivity contribution in [1.29, 1.82) is 0 Å². The summed E-state index contributed by atoms with van der Waals surface area (Å²) in [5, 5.41) is 4.11. The van der Waals surface area contributed by atoms with Gasteiger partial charge in [-0.25, -0.2) is 5.43 Å². The summed E-state index contributed by atoms with van der Waals surface area (Å²) in [5.74, 6) is 1.04. The van der Waals surface area contributed by atoms with E-state index in [-0.39, 0.29) is 5.91 Å². The fourth-order valence-electron chi connectivity index (χ4n) is 1.81. The Kier molecular flexibility index (Phi) is 4.39. The summed E-state index contributed by atoms with van der Waals surface area (Å²) in [5.41, 5.74) is 4.74. The van der Waals surface area contributed by atoms with Crippen LogP contribution in [0.5, 0.6) is 0 Å². The maximum atomic E-state index is 12.0. The number of amides is 1. The van der Waals surface area contributed by atoms with E-state index >= 15 is 0 Å². The maximum absolute atomic E-state index is 12.0. The van der Waals surface area contributed by atoms with Crippen LogP contribution in [0.25, 0.3) is 0 Å². The van der Waals surface area contributed by atoms with Crippen LogP contribution in [-0.4, -0.2) is 11.6 Å². The summed E-state index contributed by atoms with van der Waals surface area (Å²) in [6, 6.07) is 9.43. The number of nitrogens with one attached hydrogen (secondary N) is 1. The van der Waals surface area contributed by atoms with E-state index < -0.39 is 0 Å². The Hall–Kier alpha value is -1.88. The Morgan fingerprint density at radius 1 is 1.25 bits per heavy atom. The van der Waals surface area contributed by atoms with Crippen molar-refractivity contribution < 1.29 is 9.21 Å². The quantitative estimate of drug-likeness (QED) is 0.685. The second-order valence-electron chi connectivity index (χ2n) is 4.47. The third-order valence-electron chi connectivity index (χ3n) is 2.87. The minimum atomic E-state index is -0.268. The Morgan fingerprint density at radius 3 is 2.45 bits per heavy atom. The number of nitrogens with zero attached hydrogens (tertiary/aromatic N) is 1. The standard InChI is InChI=1S/C15H15BrN2O2/c1-9-8-14(11(3)20-9)15(19)18-17-10(2)12-4-6-13(16)7-5-12/h4-8H,1-3H3,(H,18,19)/b17-10-. The molecular formula is C15H15BrN2O2. The van der Waals surface area contributed by atoms with Crippen molar-refractivity contribution in [3.8, 4) is 0 Å². The van der Waals surface area contributed by atoms with Gasteiger partial charge in [0, 0.05) is 4.47 Å². The van der Waals surface area contributed by atoms with Crippen LogP contribution >= 0.6 is 15.9 Å². The number of aryl methyl sites for hydroxylation is 2. The van der Waals surface area contributed by atoms with Crippen molar-refractivity contribution in [2.24, 2.45) is 5.10 Å². The van der Waals surface area contributed by atoms with Gasteiger partial charge in [-0.2, -0.15) is 5.10 Å². The Balaban J connectivity index is 2.10. The molecular weight excluding hydrogens is 320 g/mol. The van der Waals surface area contributed by atoms with Crippen LogP contribution in [0.3, 0.4) is 0 Å². The second kappa shape index (κ2) is 6.05. The maximum Gasteiger partial charge on any atom is 0.274 e. The number of hydrogen-bond donors (Lipinski definition) is 1. The average molecular weight is 335 g/mol. The molecule has 0 fully saturated rings. The Morgan fingerprint density at radius 2 is 1.90 bits per heavy atom. The van der Waals surface area contributed by atoms with Crippen molar-refractivity contribution >= 4 is 27.5 Å². The molecule has 0 aliphatic rings. The van der Waals surface area contributed by atoms with E-state index in [0.29, 0.717) is 17.1 Å². The highest BCUT2D eigenvalue weighted by molar-refractivity contribution is 9.10. The molecule has 5 heteroatoms. The van der Waals surface area contributed by atoms with Crippen LogP contribution in [0.15, 0.2) is 44.3 Å². The molecule has 0 radical (unpaired) electrons. The molecule has 0 saturated carbocycles. The predicted molar refractivity (Wildman–Crippen MR) is 82.0 cm³/mol. The highest BCUT2D eigenvalue weighted by Crippen LogP contribution is 2.14. The van der Waals surface area contributed by atoms with Gasteiger partial charge in [-0.1, -0.05) is 28.1 Å². The zero-order valence-corrected chi connectivity index (χ0v) is 13.1. The SMILES string of the molecule is C/C(=N/NC(=O)c1cc(C)oc1C)c1ccc(Br)cc1. The number of hydrogen-bond acceptors (Lipinski definition) is 3. The number of furan rings is 1. The first-order valence-corrected chi connectivity index (χ1v) is 6.94. The van der Waals surface area contributed by atoms with Gasteiger partial charge in [0.2, 0.25) is 0 Å². The molecule has 1 aromatic carbocycles. The summed E-state index contributed by atoms with van der Waals surface area (Å²) in [6.45, 7) is 5.41. The smallest absolute Gasteiger partial charge is 0.274 e. The lowest BCUT2D eigenvalue weighted by atomic mass is 10.1. The topological polar surface area (TPSA) is 54.6 Å². The molecule has 104 valence electrons. The predicted octanol–water partition coefficient (Wildman–Crippen LogP) is 3.81. The molecule has 1 N–H and O–H groups in total. The number of hydrazone groups is 1. The highest BCUT2D eigenvalue weighted by atomic mass is 79.9. The molecule has 4 nitrogen and oxygen atoms in total. The van der Waals surface area contributed by atoms with Gasteiger partial charge >= 0.3 is 0 Å². The van der Waals surface area contributed by atoms with Crippen molar-refractivity contribution in [2.45, 2.75) is 20.8 Å². The van der Waals surface area contributed by atoms with Gasteiger partial charge in [0.15, 0.2) is 0 Å². The lowest BCUT2D eigenvalue weighted by Crippen LogP contribution is -2.19. The van der Waals surface area contributed by atoms with Gasteiger partial charge in [-0.05, 0) is 44.5 Å². The van der Waals surface area contributed by atoms with Gasteiger partial charge < -0.3 is 4.42 Å². The summed E-state index contributed by atoms with van der Waals surface area (Å²) in [4.78, 5) is 12.0. The van der Waals surface area contributed by atoms with E-state index in [2.05, 4.69) is 26.5 Å². The minimum Gasteiger partial charge on any atom is -0.466 e. The zero-order chi connectivity index (χ0) is 14.7. The molecule has 20 heavy (non-hydrogen) atoms. The van der Waals surface area contributed by atoms with Crippen LogP contribution in [-0.2, 0) is 0 Å². The summed E-state index contributed by atoms with van der Waals surface area (Å²) < 4.78 is 6.33. The Bertz CT molecular complexity index is 657. The van der Waals surface area contributed by atoms with Gasteiger partial charge in [0.1, 0.15) is 11.5 Å². The molecule has 0 bridgehead atoms. The fourth-order valence-corrected chi connectivity index (χ4v) is 2.07. The summed E-state index contributed by atoms with van der Waals surface area (Å²) >= 11 is 3.38. The summed E-state index contributed by atoms with van der Waals surface area (Å²) in [6.07, 6.45) is 0. The van der Waals surface area contributed by atoms with Crippen LogP contribution < -0.4 is 5.43 Å². The van der Waals surface area contributed by atoms with Crippen molar-refractivity contribution in [2.75, 3.05) is 0 Å². The molecule has 0 atom stereocenters. The van der Waals surface area contributed by atoms with E-state index in [1.54, 1.807) is 19.9 Å². The normalized spacial score (nSPS) is 11.5. The first-order valence-electron chi connectivity index (χ1n) is 6.15. The molecule has 1 heterocycles. The van der Waals surface area contributed by atoms with E-state index in [0.717, 1.165) is 15.7 Å². The number of halogens is 1. The van der Waals surface area contributed by atoms with Gasteiger partial charge in [-0.3, -0.25) is 4.79 Å².